The Hall–Kier alpha value is -5.00. The smallest absolute Gasteiger partial charge is 0.250 e. The zero-order valence-electron chi connectivity index (χ0n) is 26.7. The Kier molecular flexibility index (Phi) is 9.10. The van der Waals surface area contributed by atoms with E-state index in [0.29, 0.717) is 24.5 Å². The molecule has 10 nitrogen and oxygen atoms in total. The number of carbonyl (C=O) groups is 2. The van der Waals surface area contributed by atoms with Crippen LogP contribution in [0.4, 0.5) is 5.69 Å². The van der Waals surface area contributed by atoms with Gasteiger partial charge in [0, 0.05) is 22.1 Å². The van der Waals surface area contributed by atoms with Crippen LogP contribution in [0.3, 0.4) is 0 Å². The topological polar surface area (TPSA) is 139 Å². The number of aromatic nitrogens is 4. The molecule has 5 aromatic rings. The summed E-state index contributed by atoms with van der Waals surface area (Å²) in [5.74, 6) is 0.290. The molecule has 2 unspecified atom stereocenters. The van der Waals surface area contributed by atoms with Crippen LogP contribution in [0.1, 0.15) is 36.5 Å². The second kappa shape index (κ2) is 13.4. The van der Waals surface area contributed by atoms with Gasteiger partial charge >= 0.3 is 0 Å². The van der Waals surface area contributed by atoms with E-state index in [4.69, 9.17) is 10.5 Å². The number of carbonyl (C=O) groups excluding carboxylic acids is 2. The van der Waals surface area contributed by atoms with E-state index in [9.17, 15) is 9.59 Å². The zero-order valence-corrected chi connectivity index (χ0v) is 27.5. The number of ether oxygens (including phenoxy) is 1. The minimum absolute atomic E-state index is 0.203. The number of nitrogens with two attached hydrogens (primary N) is 1. The lowest BCUT2D eigenvalue weighted by Crippen LogP contribution is -2.57. The second-order valence-corrected chi connectivity index (χ2v) is 13.0. The van der Waals surface area contributed by atoms with Gasteiger partial charge in [0.1, 0.15) is 11.8 Å². The fraction of sp³-hybridized carbons (Fsp3) is 0.250. The highest BCUT2D eigenvalue weighted by atomic mass is 32.2. The maximum absolute atomic E-state index is 14.7. The summed E-state index contributed by atoms with van der Waals surface area (Å²) in [6.45, 7) is 3.59. The Morgan fingerprint density at radius 1 is 1.04 bits per heavy atom. The molecule has 0 spiro atoms. The lowest BCUT2D eigenvalue weighted by Gasteiger charge is -2.31. The van der Waals surface area contributed by atoms with Gasteiger partial charge in [-0.3, -0.25) is 9.59 Å². The number of benzene rings is 4. The summed E-state index contributed by atoms with van der Waals surface area (Å²) in [6, 6.07) is 29.0. The molecular weight excluding hydrogens is 611 g/mol. The highest BCUT2D eigenvalue weighted by molar-refractivity contribution is 7.98. The van der Waals surface area contributed by atoms with Gasteiger partial charge in [0.05, 0.1) is 19.2 Å². The second-order valence-electron chi connectivity index (χ2n) is 12.2. The van der Waals surface area contributed by atoms with Crippen LogP contribution in [-0.4, -0.2) is 57.4 Å². The number of nitrogens with one attached hydrogen (secondary N) is 2. The van der Waals surface area contributed by atoms with E-state index >= 15 is 0 Å². The van der Waals surface area contributed by atoms with Crippen molar-refractivity contribution in [3.63, 3.8) is 0 Å². The first-order chi connectivity index (χ1) is 22.7. The van der Waals surface area contributed by atoms with Crippen LogP contribution < -0.4 is 20.7 Å². The van der Waals surface area contributed by atoms with Gasteiger partial charge in [0.15, 0.2) is 0 Å². The number of anilines is 1. The summed E-state index contributed by atoms with van der Waals surface area (Å²) in [5, 5.41) is 17.6. The lowest BCUT2D eigenvalue weighted by atomic mass is 9.85. The highest BCUT2D eigenvalue weighted by Crippen LogP contribution is 2.38. The molecule has 0 bridgehead atoms. The first-order valence-electron chi connectivity index (χ1n) is 15.3. The average Bonchev–Trinajstić information content (AvgIpc) is 3.60. The minimum Gasteiger partial charge on any atom is -0.497 e. The van der Waals surface area contributed by atoms with E-state index in [0.717, 1.165) is 44.0 Å². The largest absolute Gasteiger partial charge is 0.497 e. The molecule has 1 aliphatic heterocycles. The molecule has 0 fully saturated rings. The molecule has 2 amide bonds. The quantitative estimate of drug-likeness (QED) is 0.182. The summed E-state index contributed by atoms with van der Waals surface area (Å²) in [6.07, 6.45) is 2.58. The van der Waals surface area contributed by atoms with Gasteiger partial charge < -0.3 is 20.7 Å². The van der Waals surface area contributed by atoms with Crippen LogP contribution >= 0.6 is 11.8 Å². The minimum atomic E-state index is -1.17. The van der Waals surface area contributed by atoms with Crippen molar-refractivity contribution in [1.82, 2.24) is 25.9 Å². The van der Waals surface area contributed by atoms with Crippen LogP contribution in [0.2, 0.25) is 0 Å². The van der Waals surface area contributed by atoms with Gasteiger partial charge in [-0.2, -0.15) is 5.21 Å². The Bertz CT molecular complexity index is 1870. The Morgan fingerprint density at radius 2 is 1.77 bits per heavy atom. The van der Waals surface area contributed by atoms with E-state index in [1.807, 2.05) is 91.2 Å². The Balaban J connectivity index is 1.39. The van der Waals surface area contributed by atoms with Crippen molar-refractivity contribution in [1.29, 1.82) is 0 Å². The molecule has 0 saturated heterocycles. The molecule has 0 aliphatic carbocycles. The normalized spacial score (nSPS) is 16.4. The number of hydrogen-bond donors (Lipinski definition) is 3. The number of rotatable bonds is 9. The molecule has 1 aromatic heterocycles. The molecule has 47 heavy (non-hydrogen) atoms. The van der Waals surface area contributed by atoms with Crippen LogP contribution in [-0.2, 0) is 22.6 Å². The number of nitrogens with zero attached hydrogens (tertiary/aromatic N) is 4. The van der Waals surface area contributed by atoms with Crippen molar-refractivity contribution >= 4 is 29.3 Å². The third-order valence-corrected chi connectivity index (χ3v) is 9.21. The number of aromatic amines is 1. The fourth-order valence-electron chi connectivity index (χ4n) is 5.92. The van der Waals surface area contributed by atoms with Crippen molar-refractivity contribution in [2.45, 2.75) is 49.2 Å². The summed E-state index contributed by atoms with van der Waals surface area (Å²) in [5.41, 5.74) is 11.6. The van der Waals surface area contributed by atoms with Crippen LogP contribution in [0.25, 0.3) is 22.5 Å². The number of amides is 2. The van der Waals surface area contributed by atoms with Gasteiger partial charge in [-0.25, -0.2) is 0 Å². The molecule has 11 heteroatoms. The average molecular weight is 648 g/mol. The lowest BCUT2D eigenvalue weighted by molar-refractivity contribution is -0.130. The summed E-state index contributed by atoms with van der Waals surface area (Å²) in [7, 11) is 1.62. The number of methoxy groups -OCH3 is 1. The molecule has 1 aliphatic rings. The number of H-pyrrole nitrogens is 1. The molecule has 0 radical (unpaired) electrons. The van der Waals surface area contributed by atoms with Gasteiger partial charge in [0.25, 0.3) is 5.91 Å². The van der Waals surface area contributed by atoms with Gasteiger partial charge in [0.2, 0.25) is 11.7 Å². The highest BCUT2D eigenvalue weighted by Gasteiger charge is 2.40. The van der Waals surface area contributed by atoms with Gasteiger partial charge in [-0.15, -0.1) is 22.0 Å². The maximum atomic E-state index is 14.7. The molecule has 4 N–H and O–H groups in total. The first-order valence-corrected chi connectivity index (χ1v) is 16.5. The predicted molar refractivity (Wildman–Crippen MR) is 184 cm³/mol. The van der Waals surface area contributed by atoms with Crippen LogP contribution in [0.5, 0.6) is 5.75 Å². The van der Waals surface area contributed by atoms with E-state index in [1.54, 1.807) is 37.6 Å². The monoisotopic (exact) mass is 647 g/mol. The van der Waals surface area contributed by atoms with Crippen molar-refractivity contribution < 1.29 is 14.3 Å². The van der Waals surface area contributed by atoms with E-state index in [2.05, 4.69) is 32.0 Å². The van der Waals surface area contributed by atoms with E-state index < -0.39 is 17.5 Å². The van der Waals surface area contributed by atoms with Crippen molar-refractivity contribution in [2.24, 2.45) is 5.73 Å². The summed E-state index contributed by atoms with van der Waals surface area (Å²) >= 11 is 1.65. The Morgan fingerprint density at radius 3 is 2.40 bits per heavy atom. The van der Waals surface area contributed by atoms with E-state index in [-0.39, 0.29) is 11.8 Å². The predicted octanol–water partition coefficient (Wildman–Crippen LogP) is 5.36. The molecular formula is C36H37N7O3S. The first kappa shape index (κ1) is 32.0. The van der Waals surface area contributed by atoms with Crippen molar-refractivity contribution in [3.05, 3.63) is 108 Å². The zero-order chi connectivity index (χ0) is 33.1. The molecule has 2 heterocycles. The Labute approximate surface area is 278 Å². The number of tetrazole rings is 1. The molecule has 6 rings (SSSR count). The fourth-order valence-corrected chi connectivity index (χ4v) is 6.39. The molecule has 0 saturated carbocycles. The number of thioether (sulfide) groups is 1. The molecule has 2 atom stereocenters. The number of fused-ring (bicyclic) bond motifs is 1. The van der Waals surface area contributed by atoms with Gasteiger partial charge in [-0.05, 0) is 89.9 Å². The van der Waals surface area contributed by atoms with Crippen molar-refractivity contribution in [2.75, 3.05) is 18.3 Å². The summed E-state index contributed by atoms with van der Waals surface area (Å²) in [4.78, 5) is 31.0. The molecule has 4 aromatic carbocycles. The van der Waals surface area contributed by atoms with Crippen LogP contribution in [0, 0.1) is 0 Å². The standard InChI is InChI=1S/C36H37N7O3S/c1-36(2,37)35(45)38-32-30(24-13-15-26(46-3)16-14-24)20-25-19-27(47-4)17-18-31(25)43(34(32)44)21-22-9-11-23(12-10-22)28-7-5-6-8-29(28)33-39-41-42-40-33/h5-19,30,32H,20-21,37H2,1-4H3,(H,38,45)(H,39,40,41,42). The van der Waals surface area contributed by atoms with E-state index in [1.165, 1.54) is 0 Å². The summed E-state index contributed by atoms with van der Waals surface area (Å²) < 4.78 is 5.40. The van der Waals surface area contributed by atoms with Gasteiger partial charge in [-0.1, -0.05) is 60.7 Å². The molecule has 240 valence electrons. The third kappa shape index (κ3) is 6.77. The maximum Gasteiger partial charge on any atom is 0.250 e. The van der Waals surface area contributed by atoms with Crippen LogP contribution in [0.15, 0.2) is 95.9 Å². The SMILES string of the molecule is COc1ccc(C2Cc3cc(SC)ccc3N(Cc3ccc(-c4ccccc4-c4nn[nH]n4)cc3)C(=O)C2NC(=O)C(C)(C)N)cc1. The third-order valence-electron chi connectivity index (χ3n) is 8.49. The van der Waals surface area contributed by atoms with Crippen molar-refractivity contribution in [3.8, 4) is 28.3 Å². The number of hydrogen-bond acceptors (Lipinski definition) is 8.